The van der Waals surface area contributed by atoms with Crippen LogP contribution in [-0.4, -0.2) is 29.4 Å². The fourth-order valence-electron chi connectivity index (χ4n) is 1.85. The van der Waals surface area contributed by atoms with Gasteiger partial charge in [-0.15, -0.1) is 11.6 Å². The van der Waals surface area contributed by atoms with Crippen LogP contribution in [0.15, 0.2) is 0 Å². The van der Waals surface area contributed by atoms with Gasteiger partial charge in [-0.1, -0.05) is 6.92 Å². The molecule has 2 heteroatoms. The van der Waals surface area contributed by atoms with Gasteiger partial charge in [0.1, 0.15) is 0 Å². The average Bonchev–Trinajstić information content (AvgIpc) is 2.04. The predicted molar refractivity (Wildman–Crippen MR) is 59.4 cm³/mol. The third-order valence-electron chi connectivity index (χ3n) is 3.24. The number of likely N-dealkylation sites (tertiary alicyclic amines) is 1. The Kier molecular flexibility index (Phi) is 3.29. The summed E-state index contributed by atoms with van der Waals surface area (Å²) in [4.78, 5) is 2.56. The molecule has 0 radical (unpaired) electrons. The first-order valence-electron chi connectivity index (χ1n) is 5.18. The molecule has 0 spiro atoms. The summed E-state index contributed by atoms with van der Waals surface area (Å²) < 4.78 is 0. The second kappa shape index (κ2) is 3.78. The van der Waals surface area contributed by atoms with Gasteiger partial charge in [0.05, 0.1) is 0 Å². The highest BCUT2D eigenvalue weighted by atomic mass is 35.5. The molecule has 1 saturated heterocycles. The van der Waals surface area contributed by atoms with E-state index in [1.54, 1.807) is 0 Å². The van der Waals surface area contributed by atoms with Crippen LogP contribution in [0.3, 0.4) is 0 Å². The minimum Gasteiger partial charge on any atom is -0.298 e. The number of hydrogen-bond donors (Lipinski definition) is 0. The van der Waals surface area contributed by atoms with Crippen molar-refractivity contribution in [2.75, 3.05) is 19.0 Å². The number of hydrogen-bond acceptors (Lipinski definition) is 1. The van der Waals surface area contributed by atoms with E-state index < -0.39 is 0 Å². The fraction of sp³-hybridized carbons (Fsp3) is 1.00. The largest absolute Gasteiger partial charge is 0.298 e. The number of alkyl halides is 1. The molecule has 1 rings (SSSR count). The molecule has 1 heterocycles. The zero-order valence-electron chi connectivity index (χ0n) is 9.36. The first-order chi connectivity index (χ1) is 5.87. The number of piperidine rings is 1. The Balaban J connectivity index is 2.48. The molecule has 1 nitrogen and oxygen atoms in total. The lowest BCUT2D eigenvalue weighted by Gasteiger charge is -2.44. The first-order valence-corrected chi connectivity index (χ1v) is 5.72. The SMILES string of the molecule is CC1(CCl)CCN(C(C)(C)C)CC1. The van der Waals surface area contributed by atoms with Crippen LogP contribution in [0.1, 0.15) is 40.5 Å². The van der Waals surface area contributed by atoms with Crippen molar-refractivity contribution in [3.05, 3.63) is 0 Å². The van der Waals surface area contributed by atoms with Crippen LogP contribution in [0.4, 0.5) is 0 Å². The van der Waals surface area contributed by atoms with E-state index in [1.165, 1.54) is 25.9 Å². The van der Waals surface area contributed by atoms with Crippen molar-refractivity contribution in [3.8, 4) is 0 Å². The number of nitrogens with zero attached hydrogens (tertiary/aromatic N) is 1. The molecule has 0 aliphatic carbocycles. The van der Waals surface area contributed by atoms with Crippen LogP contribution in [0, 0.1) is 5.41 Å². The topological polar surface area (TPSA) is 3.24 Å². The maximum atomic E-state index is 5.97. The minimum atomic E-state index is 0.327. The van der Waals surface area contributed by atoms with Crippen LogP contribution in [-0.2, 0) is 0 Å². The third kappa shape index (κ3) is 2.85. The van der Waals surface area contributed by atoms with Crippen LogP contribution in [0.5, 0.6) is 0 Å². The molecule has 0 amide bonds. The van der Waals surface area contributed by atoms with E-state index in [-0.39, 0.29) is 0 Å². The molecule has 13 heavy (non-hydrogen) atoms. The van der Waals surface area contributed by atoms with Crippen molar-refractivity contribution >= 4 is 11.6 Å². The molecule has 0 N–H and O–H groups in total. The molecule has 0 atom stereocenters. The minimum absolute atomic E-state index is 0.327. The third-order valence-corrected chi connectivity index (χ3v) is 3.89. The zero-order chi connectivity index (χ0) is 10.1. The highest BCUT2D eigenvalue weighted by Crippen LogP contribution is 2.34. The van der Waals surface area contributed by atoms with E-state index in [4.69, 9.17) is 11.6 Å². The van der Waals surface area contributed by atoms with E-state index in [0.29, 0.717) is 11.0 Å². The van der Waals surface area contributed by atoms with Crippen LogP contribution in [0.2, 0.25) is 0 Å². The summed E-state index contributed by atoms with van der Waals surface area (Å²) in [6, 6.07) is 0. The summed E-state index contributed by atoms with van der Waals surface area (Å²) >= 11 is 5.97. The summed E-state index contributed by atoms with van der Waals surface area (Å²) in [5.74, 6) is 0.810. The lowest BCUT2D eigenvalue weighted by atomic mass is 9.81. The quantitative estimate of drug-likeness (QED) is 0.592. The Morgan fingerprint density at radius 3 is 2.00 bits per heavy atom. The van der Waals surface area contributed by atoms with Crippen molar-refractivity contribution in [3.63, 3.8) is 0 Å². The van der Waals surface area contributed by atoms with Gasteiger partial charge in [0, 0.05) is 11.4 Å². The van der Waals surface area contributed by atoms with Gasteiger partial charge in [-0.3, -0.25) is 4.90 Å². The van der Waals surface area contributed by atoms with E-state index in [1.807, 2.05) is 0 Å². The summed E-state index contributed by atoms with van der Waals surface area (Å²) in [6.07, 6.45) is 2.49. The highest BCUT2D eigenvalue weighted by molar-refractivity contribution is 6.18. The number of halogens is 1. The van der Waals surface area contributed by atoms with Crippen molar-refractivity contribution < 1.29 is 0 Å². The van der Waals surface area contributed by atoms with Crippen molar-refractivity contribution in [2.45, 2.75) is 46.1 Å². The van der Waals surface area contributed by atoms with E-state index in [2.05, 4.69) is 32.6 Å². The number of rotatable bonds is 1. The van der Waals surface area contributed by atoms with Gasteiger partial charge in [0.2, 0.25) is 0 Å². The monoisotopic (exact) mass is 203 g/mol. The Hall–Kier alpha value is 0.250. The fourth-order valence-corrected chi connectivity index (χ4v) is 2.12. The Labute approximate surface area is 87.4 Å². The van der Waals surface area contributed by atoms with E-state index in [9.17, 15) is 0 Å². The van der Waals surface area contributed by atoms with E-state index >= 15 is 0 Å². The first kappa shape index (κ1) is 11.3. The van der Waals surface area contributed by atoms with Crippen LogP contribution >= 0.6 is 11.6 Å². The molecular weight excluding hydrogens is 182 g/mol. The molecule has 0 aromatic rings. The molecule has 1 fully saturated rings. The molecule has 0 bridgehead atoms. The van der Waals surface area contributed by atoms with Gasteiger partial charge in [0.25, 0.3) is 0 Å². The second-order valence-electron chi connectivity index (χ2n) is 5.60. The smallest absolute Gasteiger partial charge is 0.0278 e. The Morgan fingerprint density at radius 1 is 1.23 bits per heavy atom. The van der Waals surface area contributed by atoms with Gasteiger partial charge in [-0.25, -0.2) is 0 Å². The average molecular weight is 204 g/mol. The normalized spacial score (nSPS) is 24.7. The highest BCUT2D eigenvalue weighted by Gasteiger charge is 2.33. The molecule has 0 aromatic heterocycles. The molecule has 0 aromatic carbocycles. The molecule has 78 valence electrons. The second-order valence-corrected chi connectivity index (χ2v) is 5.87. The van der Waals surface area contributed by atoms with Gasteiger partial charge in [0.15, 0.2) is 0 Å². The Morgan fingerprint density at radius 2 is 1.69 bits per heavy atom. The van der Waals surface area contributed by atoms with Gasteiger partial charge in [-0.05, 0) is 52.1 Å². The Bertz CT molecular complexity index is 163. The molecule has 0 unspecified atom stereocenters. The van der Waals surface area contributed by atoms with Crippen LogP contribution < -0.4 is 0 Å². The van der Waals surface area contributed by atoms with Crippen molar-refractivity contribution in [1.82, 2.24) is 4.90 Å². The van der Waals surface area contributed by atoms with Gasteiger partial charge in [-0.2, -0.15) is 0 Å². The summed E-state index contributed by atoms with van der Waals surface area (Å²) in [7, 11) is 0. The van der Waals surface area contributed by atoms with Crippen molar-refractivity contribution in [2.24, 2.45) is 5.41 Å². The maximum absolute atomic E-state index is 5.97. The molecule has 1 aliphatic rings. The predicted octanol–water partition coefficient (Wildman–Crippen LogP) is 3.13. The van der Waals surface area contributed by atoms with Gasteiger partial charge < -0.3 is 0 Å². The lowest BCUT2D eigenvalue weighted by Crippen LogP contribution is -2.48. The zero-order valence-corrected chi connectivity index (χ0v) is 10.1. The summed E-state index contributed by atoms with van der Waals surface area (Å²) in [6.45, 7) is 11.6. The standard InChI is InChI=1S/C11H22ClN/c1-10(2,3)13-7-5-11(4,9-12)6-8-13/h5-9H2,1-4H3. The lowest BCUT2D eigenvalue weighted by molar-refractivity contribution is 0.0605. The molecule has 0 saturated carbocycles. The molecular formula is C11H22ClN. The van der Waals surface area contributed by atoms with Crippen LogP contribution in [0.25, 0.3) is 0 Å². The maximum Gasteiger partial charge on any atom is 0.0278 e. The molecule has 1 aliphatic heterocycles. The summed E-state index contributed by atoms with van der Waals surface area (Å²) in [5, 5.41) is 0. The van der Waals surface area contributed by atoms with Gasteiger partial charge >= 0.3 is 0 Å². The van der Waals surface area contributed by atoms with E-state index in [0.717, 1.165) is 5.88 Å². The summed E-state index contributed by atoms with van der Waals surface area (Å²) in [5.41, 5.74) is 0.719. The van der Waals surface area contributed by atoms with Crippen molar-refractivity contribution in [1.29, 1.82) is 0 Å².